The molecule has 1 N–H and O–H groups in total. The highest BCUT2D eigenvalue weighted by atomic mass is 19.1. The number of aliphatic hydroxyl groups excluding tert-OH is 1. The smallest absolute Gasteiger partial charge is 0.259 e. The van der Waals surface area contributed by atoms with E-state index in [2.05, 4.69) is 4.90 Å². The van der Waals surface area contributed by atoms with Gasteiger partial charge in [-0.3, -0.25) is 14.5 Å². The second kappa shape index (κ2) is 11.6. The molecule has 0 bridgehead atoms. The molecule has 0 aliphatic carbocycles. The molecule has 0 saturated carbocycles. The summed E-state index contributed by atoms with van der Waals surface area (Å²) < 4.78 is 35.3. The number of benzene rings is 3. The van der Waals surface area contributed by atoms with Gasteiger partial charge in [-0.25, -0.2) is 4.39 Å². The zero-order valence-electron chi connectivity index (χ0n) is 23.8. The minimum absolute atomic E-state index is 0.00876. The molecule has 3 aliphatic rings. The predicted molar refractivity (Wildman–Crippen MR) is 160 cm³/mol. The minimum Gasteiger partial charge on any atom is -0.451 e. The topological polar surface area (TPSA) is 96.7 Å². The number of ether oxygens (including phenoxy) is 3. The Morgan fingerprint density at radius 3 is 2.47 bits per heavy atom. The van der Waals surface area contributed by atoms with Gasteiger partial charge in [0.25, 0.3) is 5.91 Å². The van der Waals surface area contributed by atoms with Crippen molar-refractivity contribution in [2.24, 2.45) is 0 Å². The van der Waals surface area contributed by atoms with Crippen LogP contribution in [0.25, 0.3) is 27.4 Å². The number of rotatable bonds is 7. The Labute approximate surface area is 247 Å². The molecular weight excluding hydrogens is 555 g/mol. The van der Waals surface area contributed by atoms with Gasteiger partial charge in [0.15, 0.2) is 17.3 Å². The molecule has 1 amide bonds. The van der Waals surface area contributed by atoms with E-state index in [1.807, 2.05) is 45.9 Å². The largest absolute Gasteiger partial charge is 0.451 e. The van der Waals surface area contributed by atoms with Gasteiger partial charge in [0.1, 0.15) is 16.8 Å². The van der Waals surface area contributed by atoms with Crippen LogP contribution in [0.4, 0.5) is 10.1 Å². The Morgan fingerprint density at radius 2 is 1.72 bits per heavy atom. The van der Waals surface area contributed by atoms with Crippen molar-refractivity contribution in [2.75, 3.05) is 83.7 Å². The number of pyridine rings is 1. The van der Waals surface area contributed by atoms with Crippen molar-refractivity contribution >= 4 is 33.3 Å². The van der Waals surface area contributed by atoms with Crippen LogP contribution in [0.15, 0.2) is 53.5 Å². The molecule has 43 heavy (non-hydrogen) atoms. The molecule has 11 heteroatoms. The van der Waals surface area contributed by atoms with Crippen LogP contribution in [0, 0.1) is 5.82 Å². The number of carbonyl (C=O) groups is 1. The van der Waals surface area contributed by atoms with Crippen molar-refractivity contribution in [1.29, 1.82) is 0 Å². The van der Waals surface area contributed by atoms with E-state index in [-0.39, 0.29) is 23.3 Å². The maximum Gasteiger partial charge on any atom is 0.259 e. The van der Waals surface area contributed by atoms with Crippen LogP contribution in [0.1, 0.15) is 10.4 Å². The van der Waals surface area contributed by atoms with E-state index in [4.69, 9.17) is 19.3 Å². The van der Waals surface area contributed by atoms with Crippen molar-refractivity contribution < 1.29 is 28.5 Å². The van der Waals surface area contributed by atoms with Crippen molar-refractivity contribution in [3.05, 3.63) is 70.3 Å². The zero-order valence-corrected chi connectivity index (χ0v) is 23.8. The number of carbonyl (C=O) groups excluding carboxylic acids is 1. The van der Waals surface area contributed by atoms with Crippen LogP contribution >= 0.6 is 0 Å². The first-order chi connectivity index (χ1) is 21.0. The lowest BCUT2D eigenvalue weighted by Gasteiger charge is -2.37. The molecule has 2 fully saturated rings. The van der Waals surface area contributed by atoms with Crippen LogP contribution in [0.2, 0.25) is 0 Å². The van der Waals surface area contributed by atoms with Crippen molar-refractivity contribution in [3.63, 3.8) is 0 Å². The fourth-order valence-electron chi connectivity index (χ4n) is 6.23. The third kappa shape index (κ3) is 5.02. The Kier molecular flexibility index (Phi) is 7.48. The van der Waals surface area contributed by atoms with Crippen molar-refractivity contribution in [1.82, 2.24) is 14.4 Å². The number of morpholine rings is 1. The fourth-order valence-corrected chi connectivity index (χ4v) is 6.23. The Hall–Kier alpha value is -4.03. The molecule has 1 aromatic heterocycles. The van der Waals surface area contributed by atoms with Gasteiger partial charge in [-0.2, -0.15) is 0 Å². The summed E-state index contributed by atoms with van der Waals surface area (Å²) in [6.45, 7) is 5.62. The molecule has 10 nitrogen and oxygen atoms in total. The van der Waals surface area contributed by atoms with Gasteiger partial charge in [0.05, 0.1) is 44.1 Å². The van der Waals surface area contributed by atoms with Gasteiger partial charge in [0, 0.05) is 52.0 Å². The van der Waals surface area contributed by atoms with E-state index in [0.29, 0.717) is 88.3 Å². The Bertz CT molecular complexity index is 1760. The summed E-state index contributed by atoms with van der Waals surface area (Å²) >= 11 is 0. The van der Waals surface area contributed by atoms with Crippen LogP contribution in [-0.4, -0.2) is 104 Å². The molecule has 224 valence electrons. The van der Waals surface area contributed by atoms with Crippen LogP contribution in [0.5, 0.6) is 11.5 Å². The lowest BCUT2D eigenvalue weighted by molar-refractivity contribution is 0.0301. The number of anilines is 1. The lowest BCUT2D eigenvalue weighted by atomic mass is 10.0. The third-order valence-electron chi connectivity index (χ3n) is 8.47. The number of amides is 1. The van der Waals surface area contributed by atoms with E-state index < -0.39 is 17.2 Å². The SMILES string of the molecule is O=C(c1cn2c3c(c(N4CCN(CCOCCO)CC4)c(F)cc3c1=O)Oc1cc3ccccc3cc1-2)N1CCOCC1. The number of halogens is 1. The van der Waals surface area contributed by atoms with Gasteiger partial charge in [-0.1, -0.05) is 24.3 Å². The summed E-state index contributed by atoms with van der Waals surface area (Å²) in [6, 6.07) is 13.0. The second-order valence-electron chi connectivity index (χ2n) is 11.0. The molecule has 2 saturated heterocycles. The van der Waals surface area contributed by atoms with E-state index in [1.165, 1.54) is 6.07 Å². The van der Waals surface area contributed by atoms with Crippen molar-refractivity contribution in [3.8, 4) is 17.2 Å². The van der Waals surface area contributed by atoms with E-state index >= 15 is 4.39 Å². The first-order valence-corrected chi connectivity index (χ1v) is 14.7. The van der Waals surface area contributed by atoms with Gasteiger partial charge < -0.3 is 33.7 Å². The standard InChI is InChI=1S/C32H33FN4O6/c33-25-19-23-28-31(29(25)35-7-5-34(6-8-35)9-13-42-16-12-38)43-27-18-22-4-2-1-3-21(22)17-26(27)37(28)20-24(30(23)39)32(40)36-10-14-41-15-11-36/h1-4,17-20,38H,5-16H2. The van der Waals surface area contributed by atoms with Crippen LogP contribution in [-0.2, 0) is 9.47 Å². The van der Waals surface area contributed by atoms with Crippen molar-refractivity contribution in [2.45, 2.75) is 0 Å². The van der Waals surface area contributed by atoms with E-state index in [9.17, 15) is 9.59 Å². The van der Waals surface area contributed by atoms with Gasteiger partial charge in [-0.15, -0.1) is 0 Å². The Morgan fingerprint density at radius 1 is 0.977 bits per heavy atom. The molecule has 4 heterocycles. The summed E-state index contributed by atoms with van der Waals surface area (Å²) in [5.74, 6) is -0.156. The average Bonchev–Trinajstić information content (AvgIpc) is 3.04. The summed E-state index contributed by atoms with van der Waals surface area (Å²) in [4.78, 5) is 33.3. The number of aliphatic hydroxyl groups is 1. The molecule has 3 aromatic carbocycles. The number of aromatic nitrogens is 1. The predicted octanol–water partition coefficient (Wildman–Crippen LogP) is 2.99. The van der Waals surface area contributed by atoms with E-state index in [0.717, 1.165) is 17.3 Å². The molecule has 4 aromatic rings. The molecule has 0 atom stereocenters. The molecular formula is C32H33FN4O6. The van der Waals surface area contributed by atoms with Gasteiger partial charge >= 0.3 is 0 Å². The number of hydrogen-bond acceptors (Lipinski definition) is 8. The number of nitrogens with zero attached hydrogens (tertiary/aromatic N) is 4. The summed E-state index contributed by atoms with van der Waals surface area (Å²) in [5.41, 5.74) is 0.906. The molecule has 3 aliphatic heterocycles. The normalized spacial score (nSPS) is 16.9. The fraction of sp³-hybridized carbons (Fsp3) is 0.375. The quantitative estimate of drug-likeness (QED) is 0.290. The maximum atomic E-state index is 16.1. The summed E-state index contributed by atoms with van der Waals surface area (Å²) in [5, 5.41) is 11.0. The van der Waals surface area contributed by atoms with Gasteiger partial charge in [0.2, 0.25) is 5.43 Å². The average molecular weight is 589 g/mol. The van der Waals surface area contributed by atoms with Gasteiger partial charge in [-0.05, 0) is 29.0 Å². The maximum absolute atomic E-state index is 16.1. The zero-order chi connectivity index (χ0) is 29.5. The number of fused-ring (bicyclic) bond motifs is 3. The number of hydrogen-bond donors (Lipinski definition) is 1. The second-order valence-corrected chi connectivity index (χ2v) is 11.0. The van der Waals surface area contributed by atoms with E-state index in [1.54, 1.807) is 11.1 Å². The Balaban J connectivity index is 1.34. The number of piperazine rings is 1. The molecule has 0 spiro atoms. The monoisotopic (exact) mass is 588 g/mol. The highest BCUT2D eigenvalue weighted by Crippen LogP contribution is 2.47. The molecule has 0 radical (unpaired) electrons. The van der Waals surface area contributed by atoms with Crippen LogP contribution < -0.4 is 15.1 Å². The van der Waals surface area contributed by atoms with Crippen LogP contribution in [0.3, 0.4) is 0 Å². The first kappa shape index (κ1) is 27.8. The summed E-state index contributed by atoms with van der Waals surface area (Å²) in [7, 11) is 0. The molecule has 0 unspecified atom stereocenters. The highest BCUT2D eigenvalue weighted by Gasteiger charge is 2.33. The highest BCUT2D eigenvalue weighted by molar-refractivity contribution is 6.02. The summed E-state index contributed by atoms with van der Waals surface area (Å²) in [6.07, 6.45) is 1.59. The minimum atomic E-state index is -0.564. The third-order valence-corrected chi connectivity index (χ3v) is 8.47. The lowest BCUT2D eigenvalue weighted by Crippen LogP contribution is -2.47. The molecule has 7 rings (SSSR count). The first-order valence-electron chi connectivity index (χ1n) is 14.7.